The molecule has 0 aliphatic rings. The van der Waals surface area contributed by atoms with E-state index in [0.717, 1.165) is 5.56 Å². The Morgan fingerprint density at radius 1 is 1.00 bits per heavy atom. The van der Waals surface area contributed by atoms with Crippen LogP contribution in [0.3, 0.4) is 0 Å². The number of rotatable bonds is 4. The van der Waals surface area contributed by atoms with Crippen molar-refractivity contribution in [3.8, 4) is 0 Å². The van der Waals surface area contributed by atoms with Gasteiger partial charge in [-0.15, -0.1) is 0 Å². The number of carbonyl (C=O) groups is 2. The maximum Gasteiger partial charge on any atom is 0.411 e. The number of carbonyl (C=O) groups excluding carboxylic acids is 2. The molecule has 124 valence electrons. The average molecular weight is 326 g/mol. The lowest BCUT2D eigenvalue weighted by Crippen LogP contribution is -2.12. The molecule has 0 aromatic heterocycles. The van der Waals surface area contributed by atoms with Gasteiger partial charge in [0.2, 0.25) is 0 Å². The van der Waals surface area contributed by atoms with Gasteiger partial charge in [0.25, 0.3) is 0 Å². The predicted molar refractivity (Wildman–Crippen MR) is 92.4 cm³/mol. The smallest absolute Gasteiger partial charge is 0.411 e. The summed E-state index contributed by atoms with van der Waals surface area (Å²) in [5.41, 5.74) is 8.84. The minimum atomic E-state index is -0.600. The van der Waals surface area contributed by atoms with Crippen LogP contribution in [-0.4, -0.2) is 26.3 Å². The number of hydrogen-bond acceptors (Lipinski definition) is 5. The number of methoxy groups -OCH3 is 2. The van der Waals surface area contributed by atoms with Crippen molar-refractivity contribution in [3.63, 3.8) is 0 Å². The fourth-order valence-electron chi connectivity index (χ4n) is 2.14. The molecule has 0 heterocycles. The van der Waals surface area contributed by atoms with Crippen molar-refractivity contribution >= 4 is 29.0 Å². The number of nitrogens with two attached hydrogens (primary N) is 1. The van der Waals surface area contributed by atoms with E-state index in [1.54, 1.807) is 48.5 Å². The van der Waals surface area contributed by atoms with E-state index in [2.05, 4.69) is 10.1 Å². The number of hydrogen-bond donors (Lipinski definition) is 2. The molecule has 1 amide bonds. The summed E-state index contributed by atoms with van der Waals surface area (Å²) in [6.07, 6.45) is 0.765. The van der Waals surface area contributed by atoms with Gasteiger partial charge in [-0.25, -0.2) is 9.59 Å². The van der Waals surface area contributed by atoms with Gasteiger partial charge in [-0.1, -0.05) is 30.3 Å². The van der Waals surface area contributed by atoms with Gasteiger partial charge in [-0.05, 0) is 29.3 Å². The van der Waals surface area contributed by atoms with Crippen molar-refractivity contribution in [1.82, 2.24) is 0 Å². The van der Waals surface area contributed by atoms with Gasteiger partial charge in [0.15, 0.2) is 0 Å². The van der Waals surface area contributed by atoms with Gasteiger partial charge in [-0.2, -0.15) is 0 Å². The second-order valence-electron chi connectivity index (χ2n) is 4.87. The van der Waals surface area contributed by atoms with E-state index in [4.69, 9.17) is 10.5 Å². The Hall–Kier alpha value is -3.28. The monoisotopic (exact) mass is 326 g/mol. The molecule has 3 N–H and O–H groups in total. The molecule has 0 atom stereocenters. The van der Waals surface area contributed by atoms with Crippen molar-refractivity contribution < 1.29 is 19.1 Å². The Kier molecular flexibility index (Phi) is 5.57. The minimum absolute atomic E-state index is 0.505. The second-order valence-corrected chi connectivity index (χ2v) is 4.87. The van der Waals surface area contributed by atoms with Gasteiger partial charge in [0, 0.05) is 17.3 Å². The first-order valence-electron chi connectivity index (χ1n) is 7.15. The zero-order valence-corrected chi connectivity index (χ0v) is 13.4. The Bertz CT molecular complexity index is 767. The van der Waals surface area contributed by atoms with Crippen molar-refractivity contribution in [2.45, 2.75) is 0 Å². The minimum Gasteiger partial charge on any atom is -0.466 e. The molecule has 0 spiro atoms. The maximum atomic E-state index is 11.8. The molecule has 6 heteroatoms. The topological polar surface area (TPSA) is 90.6 Å². The third-order valence-corrected chi connectivity index (χ3v) is 3.32. The fraction of sp³-hybridized carbons (Fsp3) is 0.111. The number of nitrogens with one attached hydrogen (secondary N) is 1. The van der Waals surface area contributed by atoms with E-state index in [-0.39, 0.29) is 0 Å². The molecule has 2 aromatic carbocycles. The molecule has 2 rings (SSSR count). The van der Waals surface area contributed by atoms with Crippen molar-refractivity contribution in [3.05, 3.63) is 65.7 Å². The largest absolute Gasteiger partial charge is 0.466 e. The van der Waals surface area contributed by atoms with Crippen LogP contribution in [0.1, 0.15) is 11.1 Å². The number of esters is 1. The second kappa shape index (κ2) is 7.82. The first-order chi connectivity index (χ1) is 11.5. The van der Waals surface area contributed by atoms with Gasteiger partial charge in [0.1, 0.15) is 0 Å². The number of anilines is 2. The molecule has 0 bridgehead atoms. The third kappa shape index (κ3) is 4.13. The van der Waals surface area contributed by atoms with Crippen LogP contribution in [0.15, 0.2) is 54.6 Å². The third-order valence-electron chi connectivity index (χ3n) is 3.32. The van der Waals surface area contributed by atoms with Gasteiger partial charge < -0.3 is 15.2 Å². The van der Waals surface area contributed by atoms with Crippen LogP contribution in [0.4, 0.5) is 16.2 Å². The molecule has 0 aliphatic carbocycles. The highest BCUT2D eigenvalue weighted by atomic mass is 16.5. The predicted octanol–water partition coefficient (Wildman–Crippen LogP) is 3.05. The summed E-state index contributed by atoms with van der Waals surface area (Å²) >= 11 is 0. The van der Waals surface area contributed by atoms with E-state index in [1.165, 1.54) is 20.3 Å². The highest BCUT2D eigenvalue weighted by Gasteiger charge is 2.14. The van der Waals surface area contributed by atoms with Crippen LogP contribution >= 0.6 is 0 Å². The highest BCUT2D eigenvalue weighted by Crippen LogP contribution is 2.30. The summed E-state index contributed by atoms with van der Waals surface area (Å²) in [4.78, 5) is 23.3. The zero-order valence-electron chi connectivity index (χ0n) is 13.4. The Labute approximate surface area is 139 Å². The van der Waals surface area contributed by atoms with Crippen LogP contribution < -0.4 is 11.1 Å². The molecular formula is C18H18N2O4. The Balaban J connectivity index is 2.56. The van der Waals surface area contributed by atoms with E-state index in [9.17, 15) is 9.59 Å². The lowest BCUT2D eigenvalue weighted by atomic mass is 9.96. The Morgan fingerprint density at radius 3 is 2.29 bits per heavy atom. The maximum absolute atomic E-state index is 11.8. The molecular weight excluding hydrogens is 308 g/mol. The molecule has 0 aliphatic heterocycles. The Morgan fingerprint density at radius 2 is 1.67 bits per heavy atom. The molecule has 0 radical (unpaired) electrons. The van der Waals surface area contributed by atoms with Crippen molar-refractivity contribution in [2.24, 2.45) is 0 Å². The summed E-state index contributed by atoms with van der Waals surface area (Å²) in [7, 11) is 2.58. The van der Waals surface area contributed by atoms with Crippen LogP contribution in [-0.2, 0) is 14.3 Å². The molecule has 24 heavy (non-hydrogen) atoms. The number of benzene rings is 2. The standard InChI is InChI=1S/C18H18N2O4/c1-23-17(21)11-15(12-7-9-13(19)10-8-12)14-5-3-4-6-16(14)20-18(22)24-2/h3-11H,19H2,1-2H3,(H,20,22)/b15-11-. The van der Waals surface area contributed by atoms with Crippen LogP contribution in [0, 0.1) is 0 Å². The van der Waals surface area contributed by atoms with Crippen molar-refractivity contribution in [1.29, 1.82) is 0 Å². The molecule has 2 aromatic rings. The van der Waals surface area contributed by atoms with Crippen LogP contribution in [0.2, 0.25) is 0 Å². The van der Waals surface area contributed by atoms with E-state index in [0.29, 0.717) is 22.5 Å². The highest BCUT2D eigenvalue weighted by molar-refractivity contribution is 6.00. The molecule has 0 saturated carbocycles. The quantitative estimate of drug-likeness (QED) is 0.512. The summed E-state index contributed by atoms with van der Waals surface area (Å²) < 4.78 is 9.37. The average Bonchev–Trinajstić information content (AvgIpc) is 2.61. The molecule has 0 saturated heterocycles. The molecule has 6 nitrogen and oxygen atoms in total. The first kappa shape index (κ1) is 17.1. The lowest BCUT2D eigenvalue weighted by molar-refractivity contribution is -0.134. The van der Waals surface area contributed by atoms with Gasteiger partial charge in [-0.3, -0.25) is 5.32 Å². The van der Waals surface area contributed by atoms with Crippen LogP contribution in [0.25, 0.3) is 5.57 Å². The summed E-state index contributed by atoms with van der Waals surface area (Å²) in [5, 5.41) is 2.63. The zero-order chi connectivity index (χ0) is 17.5. The summed E-state index contributed by atoms with van der Waals surface area (Å²) in [5.74, 6) is -0.505. The molecule has 0 unspecified atom stereocenters. The normalized spacial score (nSPS) is 10.8. The number of amides is 1. The van der Waals surface area contributed by atoms with Gasteiger partial charge in [0.05, 0.1) is 19.9 Å². The van der Waals surface area contributed by atoms with Crippen molar-refractivity contribution in [2.75, 3.05) is 25.3 Å². The van der Waals surface area contributed by atoms with E-state index < -0.39 is 12.1 Å². The van der Waals surface area contributed by atoms with E-state index >= 15 is 0 Å². The van der Waals surface area contributed by atoms with E-state index in [1.807, 2.05) is 0 Å². The van der Waals surface area contributed by atoms with Gasteiger partial charge >= 0.3 is 12.1 Å². The summed E-state index contributed by atoms with van der Waals surface area (Å²) in [6.45, 7) is 0. The first-order valence-corrected chi connectivity index (χ1v) is 7.15. The number of para-hydroxylation sites is 1. The molecule has 0 fully saturated rings. The number of nitrogen functional groups attached to an aromatic ring is 1. The SMILES string of the molecule is COC(=O)/C=C(/c1ccc(N)cc1)c1ccccc1NC(=O)OC. The fourth-order valence-corrected chi connectivity index (χ4v) is 2.14. The summed E-state index contributed by atoms with van der Waals surface area (Å²) in [6, 6.07) is 14.1. The number of ether oxygens (including phenoxy) is 2. The lowest BCUT2D eigenvalue weighted by Gasteiger charge is -2.14. The van der Waals surface area contributed by atoms with Crippen LogP contribution in [0.5, 0.6) is 0 Å².